The lowest BCUT2D eigenvalue weighted by molar-refractivity contribution is -0.119. The van der Waals surface area contributed by atoms with Gasteiger partial charge >= 0.3 is 5.97 Å². The third-order valence-electron chi connectivity index (χ3n) is 3.68. The van der Waals surface area contributed by atoms with Crippen molar-refractivity contribution in [1.82, 2.24) is 0 Å². The summed E-state index contributed by atoms with van der Waals surface area (Å²) >= 11 is 0. The van der Waals surface area contributed by atoms with Crippen LogP contribution in [0.3, 0.4) is 0 Å². The Morgan fingerprint density at radius 1 is 1.04 bits per heavy atom. The van der Waals surface area contributed by atoms with Crippen LogP contribution in [0.5, 0.6) is 0 Å². The predicted molar refractivity (Wildman–Crippen MR) is 94.5 cm³/mol. The highest BCUT2D eigenvalue weighted by atomic mass is 16.5. The maximum absolute atomic E-state index is 12.3. The second-order valence-corrected chi connectivity index (χ2v) is 5.81. The maximum atomic E-state index is 12.3. The zero-order chi connectivity index (χ0) is 18.6. The molecule has 25 heavy (non-hydrogen) atoms. The van der Waals surface area contributed by atoms with Gasteiger partial charge in [0.2, 0.25) is 0 Å². The fourth-order valence-corrected chi connectivity index (χ4v) is 2.70. The molecule has 0 saturated heterocycles. The number of hydrogen-bond donors (Lipinski definition) is 2. The summed E-state index contributed by atoms with van der Waals surface area (Å²) in [5, 5.41) is 2.52. The number of para-hydroxylation sites is 1. The minimum Gasteiger partial charge on any atom is -0.452 e. The van der Waals surface area contributed by atoms with Gasteiger partial charge in [0.25, 0.3) is 11.8 Å². The lowest BCUT2D eigenvalue weighted by Gasteiger charge is -2.12. The number of esters is 1. The number of ether oxygens (including phenoxy) is 1. The van der Waals surface area contributed by atoms with Gasteiger partial charge in [-0.25, -0.2) is 4.79 Å². The maximum Gasteiger partial charge on any atom is 0.339 e. The molecule has 0 aliphatic rings. The molecule has 2 rings (SSSR count). The molecule has 2 aromatic rings. The molecule has 6 nitrogen and oxygen atoms in total. The molecule has 0 bridgehead atoms. The van der Waals surface area contributed by atoms with Crippen molar-refractivity contribution >= 4 is 23.5 Å². The normalized spacial score (nSPS) is 10.2. The first-order chi connectivity index (χ1) is 11.8. The summed E-state index contributed by atoms with van der Waals surface area (Å²) in [7, 11) is 0. The highest BCUT2D eigenvalue weighted by Crippen LogP contribution is 2.18. The molecule has 130 valence electrons. The summed E-state index contributed by atoms with van der Waals surface area (Å²) in [6.45, 7) is 5.12. The molecule has 0 fully saturated rings. The summed E-state index contributed by atoms with van der Waals surface area (Å²) in [4.78, 5) is 35.6. The molecule has 0 unspecified atom stereocenters. The van der Waals surface area contributed by atoms with Crippen LogP contribution in [0.2, 0.25) is 0 Å². The average molecular weight is 340 g/mol. The first kappa shape index (κ1) is 18.2. The van der Waals surface area contributed by atoms with Crippen molar-refractivity contribution in [2.45, 2.75) is 20.8 Å². The van der Waals surface area contributed by atoms with Gasteiger partial charge in [-0.05, 0) is 44.0 Å². The number of aryl methyl sites for hydroxylation is 3. The monoisotopic (exact) mass is 340 g/mol. The van der Waals surface area contributed by atoms with Crippen LogP contribution < -0.4 is 11.1 Å². The van der Waals surface area contributed by atoms with Crippen molar-refractivity contribution in [3.05, 3.63) is 64.2 Å². The summed E-state index contributed by atoms with van der Waals surface area (Å²) in [5.41, 5.74) is 8.81. The molecule has 0 heterocycles. The third-order valence-corrected chi connectivity index (χ3v) is 3.68. The largest absolute Gasteiger partial charge is 0.452 e. The molecule has 0 saturated carbocycles. The molecule has 0 atom stereocenters. The lowest BCUT2D eigenvalue weighted by atomic mass is 10.00. The highest BCUT2D eigenvalue weighted by Gasteiger charge is 2.17. The van der Waals surface area contributed by atoms with Crippen LogP contribution in [0.1, 0.15) is 37.4 Å². The minimum absolute atomic E-state index is 0.187. The number of carbonyl (C=O) groups is 3. The molecule has 0 aliphatic heterocycles. The van der Waals surface area contributed by atoms with E-state index in [2.05, 4.69) is 5.32 Å². The topological polar surface area (TPSA) is 98.5 Å². The van der Waals surface area contributed by atoms with Gasteiger partial charge in [0, 0.05) is 0 Å². The van der Waals surface area contributed by atoms with Crippen molar-refractivity contribution in [2.75, 3.05) is 11.9 Å². The van der Waals surface area contributed by atoms with Crippen LogP contribution in [-0.2, 0) is 9.53 Å². The third kappa shape index (κ3) is 4.44. The van der Waals surface area contributed by atoms with E-state index in [1.54, 1.807) is 18.2 Å². The van der Waals surface area contributed by atoms with Crippen molar-refractivity contribution in [1.29, 1.82) is 0 Å². The molecule has 0 aromatic heterocycles. The van der Waals surface area contributed by atoms with E-state index in [0.717, 1.165) is 16.7 Å². The molecule has 3 N–H and O–H groups in total. The Balaban J connectivity index is 2.04. The van der Waals surface area contributed by atoms with E-state index in [4.69, 9.17) is 10.5 Å². The number of carbonyl (C=O) groups excluding carboxylic acids is 3. The molecule has 2 amide bonds. The molecule has 0 aliphatic carbocycles. The smallest absolute Gasteiger partial charge is 0.339 e. The van der Waals surface area contributed by atoms with Gasteiger partial charge in [0.15, 0.2) is 6.61 Å². The number of nitrogens with one attached hydrogen (secondary N) is 1. The van der Waals surface area contributed by atoms with Gasteiger partial charge in [0.05, 0.1) is 16.8 Å². The van der Waals surface area contributed by atoms with E-state index in [0.29, 0.717) is 5.56 Å². The van der Waals surface area contributed by atoms with E-state index < -0.39 is 24.4 Å². The first-order valence-corrected chi connectivity index (χ1v) is 7.73. The van der Waals surface area contributed by atoms with E-state index >= 15 is 0 Å². The Morgan fingerprint density at radius 3 is 2.24 bits per heavy atom. The van der Waals surface area contributed by atoms with Gasteiger partial charge in [0.1, 0.15) is 0 Å². The Kier molecular flexibility index (Phi) is 5.54. The van der Waals surface area contributed by atoms with Crippen molar-refractivity contribution in [3.63, 3.8) is 0 Å². The van der Waals surface area contributed by atoms with Gasteiger partial charge in [-0.3, -0.25) is 9.59 Å². The Labute approximate surface area is 146 Å². The molecular weight excluding hydrogens is 320 g/mol. The van der Waals surface area contributed by atoms with Crippen LogP contribution in [0.25, 0.3) is 0 Å². The minimum atomic E-state index is -0.654. The van der Waals surface area contributed by atoms with Gasteiger partial charge < -0.3 is 15.8 Å². The van der Waals surface area contributed by atoms with Crippen LogP contribution in [0.4, 0.5) is 5.69 Å². The van der Waals surface area contributed by atoms with E-state index in [9.17, 15) is 14.4 Å². The second-order valence-electron chi connectivity index (χ2n) is 5.81. The van der Waals surface area contributed by atoms with E-state index in [1.807, 2.05) is 32.9 Å². The molecule has 6 heteroatoms. The summed E-state index contributed by atoms with van der Waals surface area (Å²) in [6.07, 6.45) is 0. The van der Waals surface area contributed by atoms with Crippen molar-refractivity contribution in [2.24, 2.45) is 5.73 Å². The Morgan fingerprint density at radius 2 is 1.64 bits per heavy atom. The fourth-order valence-electron chi connectivity index (χ4n) is 2.70. The molecular formula is C19H20N2O4. The molecule has 2 aromatic carbocycles. The molecule has 0 spiro atoms. The SMILES string of the molecule is Cc1cc(C)c(C(=O)OCC(=O)Nc2ccccc2C(N)=O)c(C)c1. The first-order valence-electron chi connectivity index (χ1n) is 7.73. The number of primary amides is 1. The van der Waals surface area contributed by atoms with Crippen LogP contribution in [0.15, 0.2) is 36.4 Å². The number of amides is 2. The fraction of sp³-hybridized carbons (Fsp3) is 0.211. The number of nitrogens with two attached hydrogens (primary N) is 1. The summed E-state index contributed by atoms with van der Waals surface area (Å²) in [5.74, 6) is -1.77. The van der Waals surface area contributed by atoms with Crippen molar-refractivity contribution in [3.8, 4) is 0 Å². The number of anilines is 1. The molecule has 0 radical (unpaired) electrons. The zero-order valence-corrected chi connectivity index (χ0v) is 14.4. The second kappa shape index (κ2) is 7.61. The van der Waals surface area contributed by atoms with Crippen molar-refractivity contribution < 1.29 is 19.1 Å². The standard InChI is InChI=1S/C19H20N2O4/c1-11-8-12(2)17(13(3)9-11)19(24)25-10-16(22)21-15-7-5-4-6-14(15)18(20)23/h4-9H,10H2,1-3H3,(H2,20,23)(H,21,22). The number of benzene rings is 2. The predicted octanol–water partition coefficient (Wildman–Crippen LogP) is 2.51. The van der Waals surface area contributed by atoms with Gasteiger partial charge in [-0.2, -0.15) is 0 Å². The lowest BCUT2D eigenvalue weighted by Crippen LogP contribution is -2.23. The van der Waals surface area contributed by atoms with Crippen LogP contribution in [-0.4, -0.2) is 24.4 Å². The highest BCUT2D eigenvalue weighted by molar-refractivity contribution is 6.03. The zero-order valence-electron chi connectivity index (χ0n) is 14.4. The van der Waals surface area contributed by atoms with E-state index in [-0.39, 0.29) is 11.3 Å². The Hall–Kier alpha value is -3.15. The Bertz CT molecular complexity index is 820. The van der Waals surface area contributed by atoms with Crippen LogP contribution >= 0.6 is 0 Å². The number of rotatable bonds is 5. The number of hydrogen-bond acceptors (Lipinski definition) is 4. The van der Waals surface area contributed by atoms with Gasteiger partial charge in [-0.15, -0.1) is 0 Å². The average Bonchev–Trinajstić information content (AvgIpc) is 2.52. The van der Waals surface area contributed by atoms with Gasteiger partial charge in [-0.1, -0.05) is 29.8 Å². The van der Waals surface area contributed by atoms with E-state index in [1.165, 1.54) is 6.07 Å². The summed E-state index contributed by atoms with van der Waals surface area (Å²) < 4.78 is 5.10. The summed E-state index contributed by atoms with van der Waals surface area (Å²) in [6, 6.07) is 10.1. The quantitative estimate of drug-likeness (QED) is 0.817. The van der Waals surface area contributed by atoms with Crippen LogP contribution in [0, 0.1) is 20.8 Å².